The number of allylic oxidation sites excluding steroid dienone is 2. The average Bonchev–Trinajstić information content (AvgIpc) is 2.76. The maximum atomic E-state index is 13.0. The van der Waals surface area contributed by atoms with Gasteiger partial charge in [0.05, 0.1) is 0 Å². The number of carbonyl (C=O) groups excluding carboxylic acids is 1. The van der Waals surface area contributed by atoms with Crippen molar-refractivity contribution in [3.8, 4) is 0 Å². The Morgan fingerprint density at radius 3 is 3.06 bits per heavy atom. The van der Waals surface area contributed by atoms with Crippen LogP contribution in [0.2, 0.25) is 0 Å². The third kappa shape index (κ3) is 3.16. The molecule has 1 aliphatic rings. The maximum Gasteiger partial charge on any atom is 0.224 e. The molecule has 0 spiro atoms. The Labute approximate surface area is 101 Å². The fourth-order valence-corrected chi connectivity index (χ4v) is 2.03. The van der Waals surface area contributed by atoms with Gasteiger partial charge in [-0.1, -0.05) is 18.2 Å². The number of hydrogen-bond donors (Lipinski definition) is 1. The number of anilines is 1. The van der Waals surface area contributed by atoms with Crippen molar-refractivity contribution in [2.75, 3.05) is 5.32 Å². The largest absolute Gasteiger partial charge is 0.326 e. The molecule has 0 aliphatic heterocycles. The third-order valence-corrected chi connectivity index (χ3v) is 3.03. The van der Waals surface area contributed by atoms with E-state index in [4.69, 9.17) is 0 Å². The highest BCUT2D eigenvalue weighted by molar-refractivity contribution is 5.91. The standard InChI is InChI=1S/C14H16FNO/c1-10-6-7-12(15)9-13(10)16-14(17)8-11-4-2-3-5-11/h2,4,6-7,9,11H,3,5,8H2,1H3,(H,16,17). The van der Waals surface area contributed by atoms with Crippen molar-refractivity contribution in [2.24, 2.45) is 5.92 Å². The van der Waals surface area contributed by atoms with Crippen molar-refractivity contribution in [2.45, 2.75) is 26.2 Å². The molecule has 0 saturated heterocycles. The van der Waals surface area contributed by atoms with Gasteiger partial charge in [-0.15, -0.1) is 0 Å². The summed E-state index contributed by atoms with van der Waals surface area (Å²) in [6.07, 6.45) is 6.75. The van der Waals surface area contributed by atoms with Crippen molar-refractivity contribution in [1.29, 1.82) is 0 Å². The van der Waals surface area contributed by atoms with Gasteiger partial charge < -0.3 is 5.32 Å². The molecular weight excluding hydrogens is 217 g/mol. The van der Waals surface area contributed by atoms with E-state index in [0.717, 1.165) is 18.4 Å². The molecule has 90 valence electrons. The minimum atomic E-state index is -0.327. The van der Waals surface area contributed by atoms with E-state index in [1.807, 2.05) is 6.92 Å². The van der Waals surface area contributed by atoms with Gasteiger partial charge in [0, 0.05) is 12.1 Å². The summed E-state index contributed by atoms with van der Waals surface area (Å²) in [5, 5.41) is 2.77. The van der Waals surface area contributed by atoms with Gasteiger partial charge in [-0.25, -0.2) is 4.39 Å². The smallest absolute Gasteiger partial charge is 0.224 e. The molecule has 2 nitrogen and oxygen atoms in total. The predicted octanol–water partition coefficient (Wildman–Crippen LogP) is 3.43. The molecule has 0 radical (unpaired) electrons. The van der Waals surface area contributed by atoms with Crippen LogP contribution < -0.4 is 5.32 Å². The molecule has 0 saturated carbocycles. The first kappa shape index (κ1) is 11.8. The third-order valence-electron chi connectivity index (χ3n) is 3.03. The summed E-state index contributed by atoms with van der Waals surface area (Å²) in [7, 11) is 0. The van der Waals surface area contributed by atoms with Crippen LogP contribution in [0.15, 0.2) is 30.4 Å². The Hall–Kier alpha value is -1.64. The number of hydrogen-bond acceptors (Lipinski definition) is 1. The fraction of sp³-hybridized carbons (Fsp3) is 0.357. The molecule has 1 unspecified atom stereocenters. The number of aryl methyl sites for hydroxylation is 1. The van der Waals surface area contributed by atoms with E-state index >= 15 is 0 Å². The lowest BCUT2D eigenvalue weighted by Gasteiger charge is -2.10. The summed E-state index contributed by atoms with van der Waals surface area (Å²) in [6, 6.07) is 4.42. The molecule has 1 amide bonds. The molecule has 3 heteroatoms. The second-order valence-corrected chi connectivity index (χ2v) is 4.48. The fourth-order valence-electron chi connectivity index (χ4n) is 2.03. The number of nitrogens with one attached hydrogen (secondary N) is 1. The lowest BCUT2D eigenvalue weighted by atomic mass is 10.0. The lowest BCUT2D eigenvalue weighted by Crippen LogP contribution is -2.15. The van der Waals surface area contributed by atoms with Crippen LogP contribution in [0, 0.1) is 18.7 Å². The van der Waals surface area contributed by atoms with Gasteiger partial charge in [-0.3, -0.25) is 4.79 Å². The molecule has 17 heavy (non-hydrogen) atoms. The quantitative estimate of drug-likeness (QED) is 0.796. The Balaban J connectivity index is 1.97. The summed E-state index contributed by atoms with van der Waals surface area (Å²) in [5.74, 6) is -0.0363. The van der Waals surface area contributed by atoms with Gasteiger partial charge >= 0.3 is 0 Å². The second-order valence-electron chi connectivity index (χ2n) is 4.48. The Morgan fingerprint density at radius 2 is 2.35 bits per heavy atom. The SMILES string of the molecule is Cc1ccc(F)cc1NC(=O)CC1C=CCC1. The minimum absolute atomic E-state index is 0.0461. The van der Waals surface area contributed by atoms with Gasteiger partial charge in [0.25, 0.3) is 0 Å². The van der Waals surface area contributed by atoms with Gasteiger partial charge in [0.1, 0.15) is 5.82 Å². The van der Waals surface area contributed by atoms with Crippen LogP contribution >= 0.6 is 0 Å². The van der Waals surface area contributed by atoms with Gasteiger partial charge in [-0.05, 0) is 43.4 Å². The van der Waals surface area contributed by atoms with Crippen LogP contribution in [0.5, 0.6) is 0 Å². The zero-order chi connectivity index (χ0) is 12.3. The van der Waals surface area contributed by atoms with E-state index in [-0.39, 0.29) is 11.7 Å². The molecule has 0 bridgehead atoms. The van der Waals surface area contributed by atoms with Crippen LogP contribution in [-0.2, 0) is 4.79 Å². The molecule has 0 heterocycles. The molecule has 1 aromatic carbocycles. The van der Waals surface area contributed by atoms with Crippen LogP contribution in [-0.4, -0.2) is 5.91 Å². The lowest BCUT2D eigenvalue weighted by molar-refractivity contribution is -0.116. The van der Waals surface area contributed by atoms with E-state index in [1.165, 1.54) is 12.1 Å². The summed E-state index contributed by atoms with van der Waals surface area (Å²) in [6.45, 7) is 1.85. The minimum Gasteiger partial charge on any atom is -0.326 e. The van der Waals surface area contributed by atoms with E-state index in [0.29, 0.717) is 18.0 Å². The van der Waals surface area contributed by atoms with E-state index < -0.39 is 0 Å². The monoisotopic (exact) mass is 233 g/mol. The van der Waals surface area contributed by atoms with E-state index in [1.54, 1.807) is 6.07 Å². The number of carbonyl (C=O) groups is 1. The highest BCUT2D eigenvalue weighted by Gasteiger charge is 2.14. The van der Waals surface area contributed by atoms with Crippen LogP contribution in [0.1, 0.15) is 24.8 Å². The maximum absolute atomic E-state index is 13.0. The second kappa shape index (κ2) is 5.13. The molecule has 1 atom stereocenters. The number of amides is 1. The summed E-state index contributed by atoms with van der Waals surface area (Å²) in [5.41, 5.74) is 1.44. The highest BCUT2D eigenvalue weighted by atomic mass is 19.1. The molecule has 2 rings (SSSR count). The van der Waals surface area contributed by atoms with Crippen molar-refractivity contribution in [3.63, 3.8) is 0 Å². The first-order chi connectivity index (χ1) is 8.15. The predicted molar refractivity (Wildman–Crippen MR) is 66.2 cm³/mol. The van der Waals surface area contributed by atoms with Crippen molar-refractivity contribution in [1.82, 2.24) is 0 Å². The number of rotatable bonds is 3. The summed E-state index contributed by atoms with van der Waals surface area (Å²) < 4.78 is 13.0. The molecule has 1 aromatic rings. The van der Waals surface area contributed by atoms with Gasteiger partial charge in [-0.2, -0.15) is 0 Å². The zero-order valence-electron chi connectivity index (χ0n) is 9.87. The van der Waals surface area contributed by atoms with Crippen molar-refractivity contribution < 1.29 is 9.18 Å². The van der Waals surface area contributed by atoms with E-state index in [2.05, 4.69) is 17.5 Å². The highest BCUT2D eigenvalue weighted by Crippen LogP contribution is 2.22. The van der Waals surface area contributed by atoms with Crippen LogP contribution in [0.4, 0.5) is 10.1 Å². The first-order valence-corrected chi connectivity index (χ1v) is 5.88. The Kier molecular flexibility index (Phi) is 3.57. The van der Waals surface area contributed by atoms with Crippen LogP contribution in [0.3, 0.4) is 0 Å². The van der Waals surface area contributed by atoms with Crippen molar-refractivity contribution >= 4 is 11.6 Å². The Morgan fingerprint density at radius 1 is 1.53 bits per heavy atom. The molecule has 1 aliphatic carbocycles. The first-order valence-electron chi connectivity index (χ1n) is 5.88. The topological polar surface area (TPSA) is 29.1 Å². The molecule has 0 aromatic heterocycles. The number of benzene rings is 1. The van der Waals surface area contributed by atoms with E-state index in [9.17, 15) is 9.18 Å². The molecule has 1 N–H and O–H groups in total. The normalized spacial score (nSPS) is 18.4. The van der Waals surface area contributed by atoms with Gasteiger partial charge in [0.15, 0.2) is 0 Å². The van der Waals surface area contributed by atoms with Gasteiger partial charge in [0.2, 0.25) is 5.91 Å². The van der Waals surface area contributed by atoms with Crippen molar-refractivity contribution in [3.05, 3.63) is 41.7 Å². The molecule has 0 fully saturated rings. The average molecular weight is 233 g/mol. The number of halogens is 1. The Bertz CT molecular complexity index is 454. The van der Waals surface area contributed by atoms with Crippen LogP contribution in [0.25, 0.3) is 0 Å². The zero-order valence-corrected chi connectivity index (χ0v) is 9.87. The summed E-state index contributed by atoms with van der Waals surface area (Å²) in [4.78, 5) is 11.8. The summed E-state index contributed by atoms with van der Waals surface area (Å²) >= 11 is 0. The molecular formula is C14H16FNO.